The fourth-order valence-electron chi connectivity index (χ4n) is 1.51. The van der Waals surface area contributed by atoms with Crippen molar-refractivity contribution in [3.05, 3.63) is 53.2 Å². The van der Waals surface area contributed by atoms with Crippen LogP contribution in [0.4, 0.5) is 5.82 Å². The molecule has 0 aliphatic heterocycles. The summed E-state index contributed by atoms with van der Waals surface area (Å²) in [6.07, 6.45) is 0. The second-order valence-corrected chi connectivity index (χ2v) is 4.27. The molecule has 0 fully saturated rings. The van der Waals surface area contributed by atoms with Crippen molar-refractivity contribution >= 4 is 23.1 Å². The van der Waals surface area contributed by atoms with Crippen molar-refractivity contribution in [2.45, 2.75) is 6.92 Å². The van der Waals surface area contributed by atoms with Crippen LogP contribution in [0.25, 0.3) is 0 Å². The predicted molar refractivity (Wildman–Crippen MR) is 78.1 cm³/mol. The van der Waals surface area contributed by atoms with Crippen molar-refractivity contribution in [2.75, 3.05) is 12.5 Å². The summed E-state index contributed by atoms with van der Waals surface area (Å²) in [5.41, 5.74) is 4.73. The lowest BCUT2D eigenvalue weighted by Crippen LogP contribution is -2.00. The normalized spacial score (nSPS) is 11.2. The summed E-state index contributed by atoms with van der Waals surface area (Å²) in [7, 11) is 1.64. The summed E-state index contributed by atoms with van der Waals surface area (Å²) in [5, 5.41) is 4.70. The number of ether oxygens (including phenoxy) is 1. The van der Waals surface area contributed by atoms with E-state index in [9.17, 15) is 0 Å². The van der Waals surface area contributed by atoms with E-state index in [0.717, 1.165) is 17.0 Å². The molecule has 1 heterocycles. The molecular formula is C14H14ClN3O. The summed E-state index contributed by atoms with van der Waals surface area (Å²) in [4.78, 5) is 4.09. The molecule has 0 aliphatic carbocycles. The highest BCUT2D eigenvalue weighted by Gasteiger charge is 1.99. The third-order valence-corrected chi connectivity index (χ3v) is 2.77. The highest BCUT2D eigenvalue weighted by Crippen LogP contribution is 2.13. The molecule has 0 radical (unpaired) electrons. The number of hydrogen-bond donors (Lipinski definition) is 1. The maximum Gasteiger partial charge on any atom is 0.147 e. The van der Waals surface area contributed by atoms with Gasteiger partial charge in [-0.2, -0.15) is 5.10 Å². The number of hydrogen-bond acceptors (Lipinski definition) is 4. The molecule has 0 aliphatic rings. The Morgan fingerprint density at radius 3 is 2.58 bits per heavy atom. The molecule has 0 saturated carbocycles. The Morgan fingerprint density at radius 1 is 1.21 bits per heavy atom. The molecule has 2 aromatic rings. The number of rotatable bonds is 4. The topological polar surface area (TPSA) is 46.5 Å². The Bertz CT molecular complexity index is 581. The number of anilines is 1. The van der Waals surface area contributed by atoms with Gasteiger partial charge in [0.15, 0.2) is 0 Å². The molecule has 0 amide bonds. The zero-order valence-electron chi connectivity index (χ0n) is 10.7. The maximum atomic E-state index is 5.80. The molecule has 0 atom stereocenters. The van der Waals surface area contributed by atoms with E-state index in [2.05, 4.69) is 15.5 Å². The van der Waals surface area contributed by atoms with Gasteiger partial charge in [-0.3, -0.25) is 5.43 Å². The first kappa shape index (κ1) is 13.4. The van der Waals surface area contributed by atoms with Gasteiger partial charge in [-0.15, -0.1) is 0 Å². The largest absolute Gasteiger partial charge is 0.497 e. The van der Waals surface area contributed by atoms with E-state index in [-0.39, 0.29) is 0 Å². The molecule has 2 rings (SSSR count). The zero-order chi connectivity index (χ0) is 13.7. The molecule has 98 valence electrons. The molecule has 1 aromatic carbocycles. The van der Waals surface area contributed by atoms with Gasteiger partial charge < -0.3 is 4.74 Å². The monoisotopic (exact) mass is 275 g/mol. The van der Waals surface area contributed by atoms with Crippen LogP contribution in [0.5, 0.6) is 5.75 Å². The van der Waals surface area contributed by atoms with E-state index in [1.807, 2.05) is 37.3 Å². The average Bonchev–Trinajstić information content (AvgIpc) is 2.45. The first-order chi connectivity index (χ1) is 9.19. The van der Waals surface area contributed by atoms with Crippen LogP contribution in [-0.2, 0) is 0 Å². The molecule has 4 nitrogen and oxygen atoms in total. The first-order valence-corrected chi connectivity index (χ1v) is 6.14. The van der Waals surface area contributed by atoms with Crippen LogP contribution < -0.4 is 10.2 Å². The lowest BCUT2D eigenvalue weighted by atomic mass is 10.1. The van der Waals surface area contributed by atoms with Crippen molar-refractivity contribution in [3.63, 3.8) is 0 Å². The first-order valence-electron chi connectivity index (χ1n) is 5.76. The fourth-order valence-corrected chi connectivity index (χ4v) is 1.67. The molecule has 0 saturated heterocycles. The van der Waals surface area contributed by atoms with Gasteiger partial charge in [0, 0.05) is 0 Å². The smallest absolute Gasteiger partial charge is 0.147 e. The molecule has 1 aromatic heterocycles. The second-order valence-electron chi connectivity index (χ2n) is 3.88. The van der Waals surface area contributed by atoms with Gasteiger partial charge in [0.2, 0.25) is 0 Å². The molecule has 0 bridgehead atoms. The van der Waals surface area contributed by atoms with E-state index < -0.39 is 0 Å². The number of aromatic nitrogens is 1. The summed E-state index contributed by atoms with van der Waals surface area (Å²) in [6, 6.07) is 13.0. The lowest BCUT2D eigenvalue weighted by molar-refractivity contribution is 0.415. The number of nitrogens with one attached hydrogen (secondary N) is 1. The third kappa shape index (κ3) is 3.69. The summed E-state index contributed by atoms with van der Waals surface area (Å²) < 4.78 is 5.11. The SMILES string of the molecule is COc1ccc(/C(C)=N/Nc2cccc(Cl)n2)cc1. The summed E-state index contributed by atoms with van der Waals surface area (Å²) >= 11 is 5.80. The fraction of sp³-hybridized carbons (Fsp3) is 0.143. The van der Waals surface area contributed by atoms with E-state index in [0.29, 0.717) is 11.0 Å². The maximum absolute atomic E-state index is 5.80. The highest BCUT2D eigenvalue weighted by molar-refractivity contribution is 6.29. The van der Waals surface area contributed by atoms with Crippen LogP contribution in [0, 0.1) is 0 Å². The summed E-state index contributed by atoms with van der Waals surface area (Å²) in [5.74, 6) is 1.43. The zero-order valence-corrected chi connectivity index (χ0v) is 11.5. The van der Waals surface area contributed by atoms with E-state index in [4.69, 9.17) is 16.3 Å². The Morgan fingerprint density at radius 2 is 1.95 bits per heavy atom. The van der Waals surface area contributed by atoms with Gasteiger partial charge in [-0.25, -0.2) is 4.98 Å². The van der Waals surface area contributed by atoms with E-state index in [1.54, 1.807) is 19.2 Å². The van der Waals surface area contributed by atoms with Crippen molar-refractivity contribution in [1.29, 1.82) is 0 Å². The number of pyridine rings is 1. The van der Waals surface area contributed by atoms with E-state index in [1.165, 1.54) is 0 Å². The van der Waals surface area contributed by atoms with Crippen LogP contribution in [-0.4, -0.2) is 17.8 Å². The minimum absolute atomic E-state index is 0.433. The number of halogens is 1. The van der Waals surface area contributed by atoms with Crippen LogP contribution in [0.3, 0.4) is 0 Å². The van der Waals surface area contributed by atoms with Gasteiger partial charge in [0.05, 0.1) is 12.8 Å². The van der Waals surface area contributed by atoms with Crippen molar-refractivity contribution in [1.82, 2.24) is 4.98 Å². The third-order valence-electron chi connectivity index (χ3n) is 2.56. The van der Waals surface area contributed by atoms with Gasteiger partial charge in [-0.05, 0) is 48.9 Å². The minimum Gasteiger partial charge on any atom is -0.497 e. The van der Waals surface area contributed by atoms with Gasteiger partial charge in [-0.1, -0.05) is 17.7 Å². The van der Waals surface area contributed by atoms with Gasteiger partial charge >= 0.3 is 0 Å². The van der Waals surface area contributed by atoms with Crippen LogP contribution in [0.15, 0.2) is 47.6 Å². The van der Waals surface area contributed by atoms with Gasteiger partial charge in [0.25, 0.3) is 0 Å². The molecular weight excluding hydrogens is 262 g/mol. The summed E-state index contributed by atoms with van der Waals surface area (Å²) in [6.45, 7) is 1.92. The van der Waals surface area contributed by atoms with Crippen LogP contribution >= 0.6 is 11.6 Å². The Balaban J connectivity index is 2.09. The number of nitrogens with zero attached hydrogens (tertiary/aromatic N) is 2. The van der Waals surface area contributed by atoms with Crippen molar-refractivity contribution in [2.24, 2.45) is 5.10 Å². The number of hydrazone groups is 1. The Hall–Kier alpha value is -2.07. The molecule has 19 heavy (non-hydrogen) atoms. The van der Waals surface area contributed by atoms with Crippen LogP contribution in [0.2, 0.25) is 5.15 Å². The minimum atomic E-state index is 0.433. The quantitative estimate of drug-likeness (QED) is 0.527. The van der Waals surface area contributed by atoms with Crippen LogP contribution in [0.1, 0.15) is 12.5 Å². The predicted octanol–water partition coefficient (Wildman–Crippen LogP) is 3.58. The molecule has 0 spiro atoms. The highest BCUT2D eigenvalue weighted by atomic mass is 35.5. The standard InChI is InChI=1S/C14H14ClN3O/c1-10(11-6-8-12(19-2)9-7-11)17-18-14-5-3-4-13(15)16-14/h3-9H,1-2H3,(H,16,18)/b17-10+. The Kier molecular flexibility index (Phi) is 4.36. The van der Waals surface area contributed by atoms with E-state index >= 15 is 0 Å². The second kappa shape index (κ2) is 6.20. The number of benzene rings is 1. The van der Waals surface area contributed by atoms with Crippen molar-refractivity contribution in [3.8, 4) is 5.75 Å². The molecule has 1 N–H and O–H groups in total. The average molecular weight is 276 g/mol. The lowest BCUT2D eigenvalue weighted by Gasteiger charge is -2.04. The number of methoxy groups -OCH3 is 1. The van der Waals surface area contributed by atoms with Gasteiger partial charge in [0.1, 0.15) is 16.7 Å². The Labute approximate surface area is 117 Å². The molecule has 5 heteroatoms. The van der Waals surface area contributed by atoms with Crippen molar-refractivity contribution < 1.29 is 4.74 Å². The molecule has 0 unspecified atom stereocenters.